The molecule has 4 rings (SSSR count). The van der Waals surface area contributed by atoms with Crippen molar-refractivity contribution in [3.8, 4) is 23.0 Å². The van der Waals surface area contributed by atoms with E-state index < -0.39 is 11.9 Å². The molecular formula is C23H26Cl4N4O4. The standard InChI is InChI=1S/C23H24Cl2N4O4.2ClH/c1-12(26)21-20(22(30)28-8-15-16(24)9-27-10-17(15)25)29-23(33-21)14-5-6-18(31-2)19(7-14)32-11-13-3-4-13;;/h5-7,9-10,12-13H,3-4,8,11,26H2,1-2H3,(H,28,30);2*1H/t12-;;/m0../s1. The van der Waals surface area contributed by atoms with Gasteiger partial charge in [0.25, 0.3) is 5.91 Å². The molecule has 0 aliphatic heterocycles. The SMILES string of the molecule is COc1ccc(-c2nc(C(=O)NCc3c(Cl)cncc3Cl)c([C@H](C)N)o2)cc1OCC1CC1.Cl.Cl. The highest BCUT2D eigenvalue weighted by Gasteiger charge is 2.25. The first-order valence-electron chi connectivity index (χ1n) is 10.5. The minimum atomic E-state index is -0.552. The van der Waals surface area contributed by atoms with Crippen molar-refractivity contribution in [2.75, 3.05) is 13.7 Å². The molecule has 0 radical (unpaired) electrons. The van der Waals surface area contributed by atoms with Crippen LogP contribution in [0.15, 0.2) is 35.0 Å². The lowest BCUT2D eigenvalue weighted by Crippen LogP contribution is -2.25. The Balaban J connectivity index is 0.00000216. The summed E-state index contributed by atoms with van der Waals surface area (Å²) in [6.07, 6.45) is 5.27. The van der Waals surface area contributed by atoms with Crippen LogP contribution in [-0.4, -0.2) is 29.6 Å². The van der Waals surface area contributed by atoms with Gasteiger partial charge in [-0.2, -0.15) is 0 Å². The third-order valence-electron chi connectivity index (χ3n) is 5.24. The highest BCUT2D eigenvalue weighted by molar-refractivity contribution is 6.35. The van der Waals surface area contributed by atoms with Crippen LogP contribution < -0.4 is 20.5 Å². The molecule has 1 fully saturated rings. The number of methoxy groups -OCH3 is 1. The molecule has 2 heterocycles. The van der Waals surface area contributed by atoms with Crippen molar-refractivity contribution in [2.45, 2.75) is 32.4 Å². The van der Waals surface area contributed by atoms with Gasteiger partial charge in [-0.25, -0.2) is 4.98 Å². The maximum atomic E-state index is 12.9. The van der Waals surface area contributed by atoms with Crippen molar-refractivity contribution >= 4 is 53.9 Å². The average Bonchev–Trinajstić information content (AvgIpc) is 3.51. The number of amides is 1. The second-order valence-corrected chi connectivity index (χ2v) is 8.72. The number of nitrogens with one attached hydrogen (secondary N) is 1. The molecule has 3 aromatic rings. The van der Waals surface area contributed by atoms with Crippen LogP contribution in [0, 0.1) is 5.92 Å². The van der Waals surface area contributed by atoms with Crippen LogP contribution in [0.2, 0.25) is 10.0 Å². The normalized spacial score (nSPS) is 13.3. The highest BCUT2D eigenvalue weighted by atomic mass is 35.5. The molecule has 1 aliphatic carbocycles. The first kappa shape index (κ1) is 29.0. The monoisotopic (exact) mass is 562 g/mol. The number of pyridine rings is 1. The third kappa shape index (κ3) is 6.92. The molecule has 1 aromatic carbocycles. The summed E-state index contributed by atoms with van der Waals surface area (Å²) in [5.74, 6) is 1.86. The van der Waals surface area contributed by atoms with Gasteiger partial charge < -0.3 is 24.9 Å². The first-order valence-corrected chi connectivity index (χ1v) is 11.3. The number of hydrogen-bond donors (Lipinski definition) is 2. The lowest BCUT2D eigenvalue weighted by molar-refractivity contribution is 0.0944. The van der Waals surface area contributed by atoms with Crippen molar-refractivity contribution in [1.82, 2.24) is 15.3 Å². The summed E-state index contributed by atoms with van der Waals surface area (Å²) in [5, 5.41) is 3.48. The fourth-order valence-electron chi connectivity index (χ4n) is 3.20. The number of carbonyl (C=O) groups excluding carboxylic acids is 1. The molecule has 1 atom stereocenters. The van der Waals surface area contributed by atoms with Crippen LogP contribution >= 0.6 is 48.0 Å². The molecular weight excluding hydrogens is 538 g/mol. The van der Waals surface area contributed by atoms with Gasteiger partial charge in [0.1, 0.15) is 0 Å². The van der Waals surface area contributed by atoms with E-state index >= 15 is 0 Å². The molecule has 1 saturated carbocycles. The Kier molecular flexibility index (Phi) is 10.5. The molecule has 1 aliphatic rings. The van der Waals surface area contributed by atoms with E-state index in [0.717, 1.165) is 0 Å². The quantitative estimate of drug-likeness (QED) is 0.346. The Labute approximate surface area is 225 Å². The summed E-state index contributed by atoms with van der Waals surface area (Å²) in [7, 11) is 1.59. The van der Waals surface area contributed by atoms with Crippen LogP contribution in [0.4, 0.5) is 0 Å². The van der Waals surface area contributed by atoms with Crippen LogP contribution in [0.25, 0.3) is 11.5 Å². The Hall–Kier alpha value is -2.23. The lowest BCUT2D eigenvalue weighted by atomic mass is 10.2. The summed E-state index contributed by atoms with van der Waals surface area (Å²) < 4.78 is 17.2. The predicted octanol–water partition coefficient (Wildman–Crippen LogP) is 5.63. The van der Waals surface area contributed by atoms with E-state index in [1.54, 1.807) is 32.2 Å². The Morgan fingerprint density at radius 2 is 1.91 bits per heavy atom. The minimum Gasteiger partial charge on any atom is -0.493 e. The Bertz CT molecular complexity index is 1150. The number of carbonyl (C=O) groups is 1. The maximum absolute atomic E-state index is 12.9. The van der Waals surface area contributed by atoms with E-state index in [1.807, 2.05) is 0 Å². The Morgan fingerprint density at radius 1 is 1.23 bits per heavy atom. The number of nitrogens with two attached hydrogens (primary N) is 1. The molecule has 35 heavy (non-hydrogen) atoms. The number of benzene rings is 1. The molecule has 3 N–H and O–H groups in total. The number of nitrogens with zero attached hydrogens (tertiary/aromatic N) is 2. The molecule has 0 spiro atoms. The van der Waals surface area contributed by atoms with E-state index in [9.17, 15) is 4.79 Å². The number of ether oxygens (including phenoxy) is 2. The maximum Gasteiger partial charge on any atom is 0.273 e. The van der Waals surface area contributed by atoms with Gasteiger partial charge in [0.2, 0.25) is 5.89 Å². The third-order valence-corrected chi connectivity index (χ3v) is 5.89. The second-order valence-electron chi connectivity index (χ2n) is 7.90. The van der Waals surface area contributed by atoms with E-state index in [0.29, 0.717) is 45.2 Å². The van der Waals surface area contributed by atoms with Gasteiger partial charge >= 0.3 is 0 Å². The number of halogens is 4. The number of rotatable bonds is 9. The minimum absolute atomic E-state index is 0. The van der Waals surface area contributed by atoms with Crippen LogP contribution in [-0.2, 0) is 6.54 Å². The number of aromatic nitrogens is 2. The zero-order chi connectivity index (χ0) is 23.5. The smallest absolute Gasteiger partial charge is 0.273 e. The topological polar surface area (TPSA) is 112 Å². The van der Waals surface area contributed by atoms with Crippen molar-refractivity contribution < 1.29 is 18.7 Å². The van der Waals surface area contributed by atoms with E-state index in [4.69, 9.17) is 42.8 Å². The molecule has 190 valence electrons. The van der Waals surface area contributed by atoms with Gasteiger partial charge in [0.05, 0.1) is 29.8 Å². The van der Waals surface area contributed by atoms with Crippen LogP contribution in [0.1, 0.15) is 47.6 Å². The van der Waals surface area contributed by atoms with Gasteiger partial charge in [-0.3, -0.25) is 9.78 Å². The zero-order valence-electron chi connectivity index (χ0n) is 19.0. The fourth-order valence-corrected chi connectivity index (χ4v) is 3.70. The molecule has 0 bridgehead atoms. The van der Waals surface area contributed by atoms with Gasteiger partial charge in [0.15, 0.2) is 23.0 Å². The zero-order valence-corrected chi connectivity index (χ0v) is 22.2. The van der Waals surface area contributed by atoms with Gasteiger partial charge in [-0.15, -0.1) is 24.8 Å². The van der Waals surface area contributed by atoms with E-state index in [2.05, 4.69) is 15.3 Å². The van der Waals surface area contributed by atoms with Crippen molar-refractivity contribution in [1.29, 1.82) is 0 Å². The average molecular weight is 564 g/mol. The molecule has 8 nitrogen and oxygen atoms in total. The van der Waals surface area contributed by atoms with Crippen molar-refractivity contribution in [3.63, 3.8) is 0 Å². The molecule has 2 aromatic heterocycles. The summed E-state index contributed by atoms with van der Waals surface area (Å²) in [6.45, 7) is 2.45. The molecule has 12 heteroatoms. The van der Waals surface area contributed by atoms with Crippen molar-refractivity contribution in [2.24, 2.45) is 11.7 Å². The number of hydrogen-bond acceptors (Lipinski definition) is 7. The first-order chi connectivity index (χ1) is 15.9. The fraction of sp³-hybridized carbons (Fsp3) is 0.348. The molecule has 1 amide bonds. The van der Waals surface area contributed by atoms with Crippen molar-refractivity contribution in [3.05, 3.63) is 57.7 Å². The number of oxazole rings is 1. The highest BCUT2D eigenvalue weighted by Crippen LogP contribution is 2.36. The van der Waals surface area contributed by atoms with E-state index in [-0.39, 0.29) is 48.7 Å². The lowest BCUT2D eigenvalue weighted by Gasteiger charge is -2.11. The van der Waals surface area contributed by atoms with Gasteiger partial charge in [-0.05, 0) is 43.9 Å². The second kappa shape index (κ2) is 12.6. The molecule has 0 unspecified atom stereocenters. The van der Waals surface area contributed by atoms with Crippen LogP contribution in [0.5, 0.6) is 11.5 Å². The Morgan fingerprint density at radius 3 is 2.51 bits per heavy atom. The largest absolute Gasteiger partial charge is 0.493 e. The summed E-state index contributed by atoms with van der Waals surface area (Å²) in [4.78, 5) is 21.3. The van der Waals surface area contributed by atoms with E-state index in [1.165, 1.54) is 25.2 Å². The van der Waals surface area contributed by atoms with Crippen LogP contribution in [0.3, 0.4) is 0 Å². The summed E-state index contributed by atoms with van der Waals surface area (Å²) in [6, 6.07) is 4.80. The summed E-state index contributed by atoms with van der Waals surface area (Å²) >= 11 is 12.3. The molecule has 0 saturated heterocycles. The van der Waals surface area contributed by atoms with Gasteiger partial charge in [-0.1, -0.05) is 23.2 Å². The van der Waals surface area contributed by atoms with Gasteiger partial charge in [0, 0.05) is 30.1 Å². The summed E-state index contributed by atoms with van der Waals surface area (Å²) in [5.41, 5.74) is 7.35. The predicted molar refractivity (Wildman–Crippen MR) is 139 cm³/mol.